The van der Waals surface area contributed by atoms with Crippen molar-refractivity contribution < 1.29 is 19.4 Å². The van der Waals surface area contributed by atoms with Crippen LogP contribution in [0.3, 0.4) is 0 Å². The molecule has 4 saturated carbocycles. The first-order valence-electron chi connectivity index (χ1n) is 8.32. The number of fused-ring (bicyclic) bond motifs is 2. The minimum Gasteiger partial charge on any atom is -0.480 e. The lowest BCUT2D eigenvalue weighted by molar-refractivity contribution is -0.139. The van der Waals surface area contributed by atoms with Gasteiger partial charge in [-0.2, -0.15) is 0 Å². The van der Waals surface area contributed by atoms with E-state index in [1.165, 1.54) is 38.5 Å². The van der Waals surface area contributed by atoms with Crippen LogP contribution in [-0.2, 0) is 9.53 Å². The van der Waals surface area contributed by atoms with E-state index in [1.807, 2.05) is 0 Å². The average molecular weight is 308 g/mol. The third-order valence-electron chi connectivity index (χ3n) is 6.92. The molecular formula is C16H24N2O4. The van der Waals surface area contributed by atoms with Gasteiger partial charge in [-0.3, -0.25) is 0 Å². The molecule has 122 valence electrons. The SMILES string of the molecule is NC[C@H](NC(=O)OCC12CC3CC4CC(C1)C4(C3)C2)C(=O)O. The zero-order chi connectivity index (χ0) is 15.5. The van der Waals surface area contributed by atoms with Crippen molar-refractivity contribution in [3.05, 3.63) is 0 Å². The number of nitrogens with two attached hydrogens (primary N) is 1. The number of ether oxygens (including phenoxy) is 1. The minimum absolute atomic E-state index is 0.134. The summed E-state index contributed by atoms with van der Waals surface area (Å²) in [5, 5.41) is 11.2. The number of carboxylic acid groups (broad SMARTS) is 1. The summed E-state index contributed by atoms with van der Waals surface area (Å²) >= 11 is 0. The molecule has 5 unspecified atom stereocenters. The molecule has 6 nitrogen and oxygen atoms in total. The predicted octanol–water partition coefficient (Wildman–Crippen LogP) is 1.34. The Kier molecular flexibility index (Phi) is 2.99. The number of alkyl carbamates (subject to hydrolysis) is 1. The molecule has 4 fully saturated rings. The molecule has 0 aromatic heterocycles. The fourth-order valence-corrected chi connectivity index (χ4v) is 6.33. The summed E-state index contributed by atoms with van der Waals surface area (Å²) in [6.07, 6.45) is 7.06. The Morgan fingerprint density at radius 3 is 2.82 bits per heavy atom. The number of hydrogen-bond acceptors (Lipinski definition) is 4. The summed E-state index contributed by atoms with van der Waals surface area (Å²) in [7, 11) is 0. The van der Waals surface area contributed by atoms with E-state index < -0.39 is 18.1 Å². The smallest absolute Gasteiger partial charge is 0.407 e. The first-order chi connectivity index (χ1) is 10.5. The third-order valence-corrected chi connectivity index (χ3v) is 6.92. The Morgan fingerprint density at radius 1 is 1.27 bits per heavy atom. The number of nitrogens with one attached hydrogen (secondary N) is 1. The van der Waals surface area contributed by atoms with Gasteiger partial charge in [0.05, 0.1) is 6.61 Å². The van der Waals surface area contributed by atoms with Crippen LogP contribution in [0.1, 0.15) is 38.5 Å². The molecule has 22 heavy (non-hydrogen) atoms. The van der Waals surface area contributed by atoms with Crippen molar-refractivity contribution in [3.63, 3.8) is 0 Å². The Morgan fingerprint density at radius 2 is 2.09 bits per heavy atom. The lowest BCUT2D eigenvalue weighted by Gasteiger charge is -2.49. The summed E-state index contributed by atoms with van der Waals surface area (Å²) in [5.74, 6) is 1.45. The Bertz CT molecular complexity index is 520. The number of carbonyl (C=O) groups excluding carboxylic acids is 1. The van der Waals surface area contributed by atoms with Gasteiger partial charge < -0.3 is 20.9 Å². The van der Waals surface area contributed by atoms with Gasteiger partial charge in [-0.1, -0.05) is 0 Å². The minimum atomic E-state index is -1.13. The van der Waals surface area contributed by atoms with Gasteiger partial charge in [-0.25, -0.2) is 9.59 Å². The van der Waals surface area contributed by atoms with Crippen LogP contribution < -0.4 is 11.1 Å². The molecular weight excluding hydrogens is 284 g/mol. The molecule has 0 heterocycles. The second-order valence-corrected chi connectivity index (χ2v) is 8.10. The quantitative estimate of drug-likeness (QED) is 0.711. The van der Waals surface area contributed by atoms with E-state index >= 15 is 0 Å². The molecule has 0 saturated heterocycles. The van der Waals surface area contributed by atoms with Gasteiger partial charge >= 0.3 is 12.1 Å². The van der Waals surface area contributed by atoms with Gasteiger partial charge in [0.2, 0.25) is 0 Å². The molecule has 0 radical (unpaired) electrons. The van der Waals surface area contributed by atoms with Crippen LogP contribution in [0.5, 0.6) is 0 Å². The zero-order valence-corrected chi connectivity index (χ0v) is 12.7. The van der Waals surface area contributed by atoms with Crippen LogP contribution in [0.15, 0.2) is 0 Å². The normalized spacial score (nSPS) is 45.0. The Hall–Kier alpha value is -1.30. The Labute approximate surface area is 129 Å². The summed E-state index contributed by atoms with van der Waals surface area (Å²) < 4.78 is 5.40. The van der Waals surface area contributed by atoms with Crippen molar-refractivity contribution in [2.75, 3.05) is 13.2 Å². The lowest BCUT2D eigenvalue weighted by Crippen LogP contribution is -2.46. The molecule has 6 atom stereocenters. The summed E-state index contributed by atoms with van der Waals surface area (Å²) in [5.41, 5.74) is 6.06. The summed E-state index contributed by atoms with van der Waals surface area (Å²) in [6, 6.07) is -1.07. The van der Waals surface area contributed by atoms with Crippen LogP contribution >= 0.6 is 0 Å². The number of aliphatic carboxylic acids is 1. The highest BCUT2D eigenvalue weighted by Crippen LogP contribution is 2.78. The van der Waals surface area contributed by atoms with E-state index in [0.717, 1.165) is 17.8 Å². The fraction of sp³-hybridized carbons (Fsp3) is 0.875. The third kappa shape index (κ3) is 1.89. The van der Waals surface area contributed by atoms with Crippen LogP contribution in [0.2, 0.25) is 0 Å². The topological polar surface area (TPSA) is 102 Å². The van der Waals surface area contributed by atoms with Crippen LogP contribution in [0.4, 0.5) is 4.79 Å². The van der Waals surface area contributed by atoms with Crippen molar-refractivity contribution in [1.82, 2.24) is 5.32 Å². The summed E-state index contributed by atoms with van der Waals surface area (Å²) in [6.45, 7) is 0.293. The van der Waals surface area contributed by atoms with E-state index in [1.54, 1.807) is 0 Å². The highest BCUT2D eigenvalue weighted by molar-refractivity contribution is 5.80. The molecule has 4 N–H and O–H groups in total. The second kappa shape index (κ2) is 4.60. The average Bonchev–Trinajstić information content (AvgIpc) is 2.78. The van der Waals surface area contributed by atoms with Crippen LogP contribution in [0, 0.1) is 28.6 Å². The van der Waals surface area contributed by atoms with E-state index in [2.05, 4.69) is 5.32 Å². The molecule has 4 aliphatic carbocycles. The van der Waals surface area contributed by atoms with Gasteiger partial charge in [0, 0.05) is 12.0 Å². The number of carbonyl (C=O) groups is 2. The molecule has 4 aliphatic rings. The van der Waals surface area contributed by atoms with Crippen molar-refractivity contribution in [2.24, 2.45) is 34.3 Å². The number of rotatable bonds is 5. The van der Waals surface area contributed by atoms with Crippen molar-refractivity contribution in [1.29, 1.82) is 0 Å². The maximum atomic E-state index is 11.8. The van der Waals surface area contributed by atoms with Gasteiger partial charge in [0.25, 0.3) is 0 Å². The predicted molar refractivity (Wildman–Crippen MR) is 78.0 cm³/mol. The van der Waals surface area contributed by atoms with Crippen molar-refractivity contribution in [2.45, 2.75) is 44.6 Å². The zero-order valence-electron chi connectivity index (χ0n) is 12.7. The highest BCUT2D eigenvalue weighted by Gasteiger charge is 2.70. The van der Waals surface area contributed by atoms with E-state index in [0.29, 0.717) is 12.0 Å². The molecule has 4 rings (SSSR count). The van der Waals surface area contributed by atoms with E-state index in [4.69, 9.17) is 15.6 Å². The second-order valence-electron chi connectivity index (χ2n) is 8.10. The van der Waals surface area contributed by atoms with Gasteiger partial charge in [-0.15, -0.1) is 0 Å². The first kappa shape index (κ1) is 14.3. The monoisotopic (exact) mass is 308 g/mol. The van der Waals surface area contributed by atoms with Gasteiger partial charge in [0.15, 0.2) is 0 Å². The number of hydrogen-bond donors (Lipinski definition) is 3. The first-order valence-corrected chi connectivity index (χ1v) is 8.32. The molecule has 1 spiro atoms. The van der Waals surface area contributed by atoms with Crippen molar-refractivity contribution in [3.8, 4) is 0 Å². The highest BCUT2D eigenvalue weighted by atomic mass is 16.5. The fourth-order valence-electron chi connectivity index (χ4n) is 6.33. The van der Waals surface area contributed by atoms with E-state index in [-0.39, 0.29) is 12.0 Å². The summed E-state index contributed by atoms with van der Waals surface area (Å²) in [4.78, 5) is 22.7. The largest absolute Gasteiger partial charge is 0.480 e. The lowest BCUT2D eigenvalue weighted by atomic mass is 9.55. The number of carboxylic acids is 1. The molecule has 0 aromatic carbocycles. The standard InChI is InChI=1S/C16H24N2O4/c17-6-12(13(19)20)18-14(21)22-8-15-3-9-1-10-2-11(5-15)16(10,4-9)7-15/h9-12H,1-8,17H2,(H,18,21)(H,19,20)/t9?,10?,11?,12-,15?,16?/m0/s1. The molecule has 6 heteroatoms. The molecule has 3 bridgehead atoms. The molecule has 0 aromatic rings. The maximum Gasteiger partial charge on any atom is 0.407 e. The van der Waals surface area contributed by atoms with Gasteiger partial charge in [-0.05, 0) is 61.7 Å². The maximum absolute atomic E-state index is 11.8. The number of amides is 1. The van der Waals surface area contributed by atoms with E-state index in [9.17, 15) is 9.59 Å². The van der Waals surface area contributed by atoms with Crippen molar-refractivity contribution >= 4 is 12.1 Å². The van der Waals surface area contributed by atoms with Gasteiger partial charge in [0.1, 0.15) is 6.04 Å². The molecule has 0 aliphatic heterocycles. The Balaban J connectivity index is 1.37. The molecule has 1 amide bonds. The van der Waals surface area contributed by atoms with Crippen LogP contribution in [-0.4, -0.2) is 36.4 Å². The van der Waals surface area contributed by atoms with Crippen LogP contribution in [0.25, 0.3) is 0 Å².